The minimum atomic E-state index is 0.258. The molecule has 5 heteroatoms. The highest BCUT2D eigenvalue weighted by atomic mass is 35.5. The molecular formula is C12H16ClN3O. The number of hydrogen-bond acceptors (Lipinski definition) is 4. The zero-order chi connectivity index (χ0) is 11.9. The lowest BCUT2D eigenvalue weighted by Crippen LogP contribution is -2.39. The van der Waals surface area contributed by atoms with Crippen LogP contribution in [0.3, 0.4) is 0 Å². The summed E-state index contributed by atoms with van der Waals surface area (Å²) < 4.78 is 0. The van der Waals surface area contributed by atoms with Crippen molar-refractivity contribution in [3.63, 3.8) is 0 Å². The van der Waals surface area contributed by atoms with Crippen LogP contribution in [0.25, 0.3) is 0 Å². The normalized spacial score (nSPS) is 26.2. The third kappa shape index (κ3) is 1.70. The highest BCUT2D eigenvalue weighted by molar-refractivity contribution is 6.31. The maximum Gasteiger partial charge on any atom is 0.171 e. The average molecular weight is 254 g/mol. The van der Waals surface area contributed by atoms with Crippen LogP contribution in [0.5, 0.6) is 0 Å². The fourth-order valence-corrected chi connectivity index (χ4v) is 3.39. The highest BCUT2D eigenvalue weighted by Crippen LogP contribution is 2.52. The molecule has 1 saturated heterocycles. The lowest BCUT2D eigenvalue weighted by molar-refractivity contribution is 0.0571. The van der Waals surface area contributed by atoms with E-state index in [2.05, 4.69) is 14.9 Å². The number of rotatable bonds is 2. The van der Waals surface area contributed by atoms with Crippen molar-refractivity contribution in [3.8, 4) is 0 Å². The lowest BCUT2D eigenvalue weighted by atomic mass is 9.63. The molecule has 2 heterocycles. The Morgan fingerprint density at radius 1 is 1.41 bits per heavy atom. The maximum atomic E-state index is 9.50. The van der Waals surface area contributed by atoms with Gasteiger partial charge in [0.1, 0.15) is 0 Å². The number of anilines is 1. The fourth-order valence-electron chi connectivity index (χ4n) is 3.17. The van der Waals surface area contributed by atoms with E-state index in [4.69, 9.17) is 11.6 Å². The molecule has 0 amide bonds. The van der Waals surface area contributed by atoms with E-state index in [1.54, 1.807) is 12.4 Å². The summed E-state index contributed by atoms with van der Waals surface area (Å²) in [7, 11) is 0. The topological polar surface area (TPSA) is 49.2 Å². The van der Waals surface area contributed by atoms with E-state index >= 15 is 0 Å². The molecule has 1 atom stereocenters. The summed E-state index contributed by atoms with van der Waals surface area (Å²) in [6, 6.07) is 0. The van der Waals surface area contributed by atoms with E-state index < -0.39 is 0 Å². The van der Waals surface area contributed by atoms with Gasteiger partial charge in [-0.25, -0.2) is 9.97 Å². The first-order valence-electron chi connectivity index (χ1n) is 6.07. The summed E-state index contributed by atoms with van der Waals surface area (Å²) >= 11 is 6.07. The van der Waals surface area contributed by atoms with Gasteiger partial charge in [-0.15, -0.1) is 0 Å². The van der Waals surface area contributed by atoms with Crippen molar-refractivity contribution >= 4 is 17.4 Å². The van der Waals surface area contributed by atoms with Gasteiger partial charge in [0.05, 0.1) is 0 Å². The fraction of sp³-hybridized carbons (Fsp3) is 0.667. The summed E-state index contributed by atoms with van der Waals surface area (Å²) in [6.07, 6.45) is 6.98. The van der Waals surface area contributed by atoms with Crippen LogP contribution in [0.15, 0.2) is 12.4 Å². The molecule has 0 radical (unpaired) electrons. The van der Waals surface area contributed by atoms with Crippen LogP contribution in [0, 0.1) is 11.3 Å². The van der Waals surface area contributed by atoms with Crippen molar-refractivity contribution < 1.29 is 5.11 Å². The van der Waals surface area contributed by atoms with E-state index in [0.717, 1.165) is 18.9 Å². The van der Waals surface area contributed by atoms with Crippen LogP contribution in [0.1, 0.15) is 19.3 Å². The van der Waals surface area contributed by atoms with Gasteiger partial charge in [-0.3, -0.25) is 0 Å². The molecule has 92 valence electrons. The molecule has 0 bridgehead atoms. The molecule has 1 saturated carbocycles. The Morgan fingerprint density at radius 2 is 2.18 bits per heavy atom. The smallest absolute Gasteiger partial charge is 0.171 e. The first-order chi connectivity index (χ1) is 8.25. The highest BCUT2D eigenvalue weighted by Gasteiger charge is 2.50. The molecule has 17 heavy (non-hydrogen) atoms. The van der Waals surface area contributed by atoms with Crippen molar-refractivity contribution in [1.29, 1.82) is 0 Å². The summed E-state index contributed by atoms with van der Waals surface area (Å²) in [6.45, 7) is 2.06. The van der Waals surface area contributed by atoms with Gasteiger partial charge < -0.3 is 10.0 Å². The maximum absolute atomic E-state index is 9.50. The Hall–Kier alpha value is -0.870. The van der Waals surface area contributed by atoms with E-state index in [1.165, 1.54) is 19.3 Å². The zero-order valence-electron chi connectivity index (χ0n) is 9.64. The summed E-state index contributed by atoms with van der Waals surface area (Å²) in [4.78, 5) is 10.5. The third-order valence-electron chi connectivity index (χ3n) is 4.32. The second-order valence-corrected chi connectivity index (χ2v) is 5.50. The minimum Gasteiger partial charge on any atom is -0.396 e. The molecule has 4 nitrogen and oxygen atoms in total. The number of halogens is 1. The largest absolute Gasteiger partial charge is 0.396 e. The third-order valence-corrected chi connectivity index (χ3v) is 4.58. The molecular weight excluding hydrogens is 238 g/mol. The first-order valence-corrected chi connectivity index (χ1v) is 6.45. The predicted octanol–water partition coefficient (Wildman–Crippen LogP) is 1.73. The van der Waals surface area contributed by atoms with Crippen molar-refractivity contribution in [2.45, 2.75) is 19.3 Å². The van der Waals surface area contributed by atoms with Crippen LogP contribution in [-0.2, 0) is 0 Å². The quantitative estimate of drug-likeness (QED) is 0.872. The van der Waals surface area contributed by atoms with Gasteiger partial charge in [0.2, 0.25) is 0 Å². The van der Waals surface area contributed by atoms with E-state index in [-0.39, 0.29) is 6.61 Å². The van der Waals surface area contributed by atoms with Crippen LogP contribution in [-0.4, -0.2) is 34.8 Å². The molecule has 1 aliphatic heterocycles. The molecule has 0 aromatic carbocycles. The number of nitrogens with zero attached hydrogens (tertiary/aromatic N) is 3. The van der Waals surface area contributed by atoms with Gasteiger partial charge in [0.25, 0.3) is 0 Å². The Morgan fingerprint density at radius 3 is 2.71 bits per heavy atom. The van der Waals surface area contributed by atoms with E-state index in [9.17, 15) is 5.11 Å². The monoisotopic (exact) mass is 253 g/mol. The Kier molecular flexibility index (Phi) is 2.71. The Bertz CT molecular complexity index is 422. The summed E-state index contributed by atoms with van der Waals surface area (Å²) in [5.74, 6) is 1.12. The van der Waals surface area contributed by atoms with Crippen LogP contribution in [0.4, 0.5) is 5.82 Å². The number of aromatic nitrogens is 2. The molecule has 1 aliphatic carbocycles. The SMILES string of the molecule is OC[C@@H]1CN(c2nccnc2Cl)CC12CCC2. The summed E-state index contributed by atoms with van der Waals surface area (Å²) in [5.41, 5.74) is 0.301. The molecule has 1 spiro atoms. The van der Waals surface area contributed by atoms with Crippen LogP contribution < -0.4 is 4.90 Å². The number of aliphatic hydroxyl groups is 1. The van der Waals surface area contributed by atoms with Crippen molar-refractivity contribution in [1.82, 2.24) is 9.97 Å². The summed E-state index contributed by atoms with van der Waals surface area (Å²) in [5, 5.41) is 9.96. The van der Waals surface area contributed by atoms with E-state index in [0.29, 0.717) is 16.5 Å². The average Bonchev–Trinajstić information content (AvgIpc) is 2.69. The van der Waals surface area contributed by atoms with Gasteiger partial charge in [-0.2, -0.15) is 0 Å². The second-order valence-electron chi connectivity index (χ2n) is 5.15. The zero-order valence-corrected chi connectivity index (χ0v) is 10.4. The number of hydrogen-bond donors (Lipinski definition) is 1. The first kappa shape index (κ1) is 11.2. The Balaban J connectivity index is 1.85. The van der Waals surface area contributed by atoms with Gasteiger partial charge in [-0.05, 0) is 18.3 Å². The molecule has 1 N–H and O–H groups in total. The molecule has 1 aromatic rings. The van der Waals surface area contributed by atoms with Gasteiger partial charge in [-0.1, -0.05) is 18.0 Å². The van der Waals surface area contributed by atoms with Crippen molar-refractivity contribution in [2.24, 2.45) is 11.3 Å². The molecule has 2 aliphatic rings. The molecule has 1 aromatic heterocycles. The lowest BCUT2D eigenvalue weighted by Gasteiger charge is -2.42. The van der Waals surface area contributed by atoms with Crippen molar-refractivity contribution in [2.75, 3.05) is 24.6 Å². The Labute approximate surface area is 106 Å². The van der Waals surface area contributed by atoms with Crippen molar-refractivity contribution in [3.05, 3.63) is 17.5 Å². The minimum absolute atomic E-state index is 0.258. The van der Waals surface area contributed by atoms with Crippen LogP contribution in [0.2, 0.25) is 5.15 Å². The van der Waals surface area contributed by atoms with Gasteiger partial charge >= 0.3 is 0 Å². The standard InChI is InChI=1S/C12H16ClN3O/c13-10-11(15-5-4-14-10)16-6-9(7-17)12(8-16)2-1-3-12/h4-5,9,17H,1-3,6-8H2/t9-/m0/s1. The second kappa shape index (κ2) is 4.10. The molecule has 0 unspecified atom stereocenters. The van der Waals surface area contributed by atoms with E-state index in [1.807, 2.05) is 0 Å². The van der Waals surface area contributed by atoms with Gasteiger partial charge in [0.15, 0.2) is 11.0 Å². The molecule has 2 fully saturated rings. The van der Waals surface area contributed by atoms with Crippen LogP contribution >= 0.6 is 11.6 Å². The van der Waals surface area contributed by atoms with Gasteiger partial charge in [0, 0.05) is 38.0 Å². The predicted molar refractivity (Wildman–Crippen MR) is 66.1 cm³/mol. The number of aliphatic hydroxyl groups excluding tert-OH is 1. The molecule has 3 rings (SSSR count).